The molecule has 0 aromatic heterocycles. The average molecular weight is 312 g/mol. The molecule has 0 saturated heterocycles. The van der Waals surface area contributed by atoms with Gasteiger partial charge in [0.15, 0.2) is 17.3 Å². The first-order valence-corrected chi connectivity index (χ1v) is 6.77. The summed E-state index contributed by atoms with van der Waals surface area (Å²) in [5.74, 6) is -2.94. The zero-order valence-corrected chi connectivity index (χ0v) is 12.3. The van der Waals surface area contributed by atoms with Crippen molar-refractivity contribution in [2.75, 3.05) is 0 Å². The van der Waals surface area contributed by atoms with Crippen molar-refractivity contribution in [1.82, 2.24) is 0 Å². The summed E-state index contributed by atoms with van der Waals surface area (Å²) in [6.45, 7) is 2.70. The van der Waals surface area contributed by atoms with E-state index in [-0.39, 0.29) is 44.9 Å². The number of carbonyl (C=O) groups is 3. The fourth-order valence-corrected chi connectivity index (χ4v) is 3.02. The maximum absolute atomic E-state index is 12.7. The lowest BCUT2D eigenvalue weighted by atomic mass is 9.79. The zero-order valence-electron chi connectivity index (χ0n) is 12.3. The minimum atomic E-state index is -0.632. The number of hydrogen-bond donors (Lipinski definition) is 3. The number of phenols is 3. The number of carbonyl (C=O) groups excluding carboxylic acids is 3. The van der Waals surface area contributed by atoms with Crippen LogP contribution >= 0.6 is 0 Å². The lowest BCUT2D eigenvalue weighted by Crippen LogP contribution is -2.23. The summed E-state index contributed by atoms with van der Waals surface area (Å²) in [5, 5.41) is 29.5. The van der Waals surface area contributed by atoms with E-state index in [1.165, 1.54) is 13.8 Å². The maximum Gasteiger partial charge on any atom is 0.198 e. The maximum atomic E-state index is 12.7. The number of rotatable bonds is 1. The van der Waals surface area contributed by atoms with Crippen molar-refractivity contribution < 1.29 is 29.7 Å². The molecule has 2 aromatic rings. The van der Waals surface area contributed by atoms with Crippen LogP contribution in [-0.4, -0.2) is 32.7 Å². The zero-order chi connectivity index (χ0) is 17.0. The Kier molecular flexibility index (Phi) is 3.00. The van der Waals surface area contributed by atoms with Gasteiger partial charge in [-0.1, -0.05) is 0 Å². The molecule has 6 nitrogen and oxygen atoms in total. The Morgan fingerprint density at radius 2 is 1.48 bits per heavy atom. The number of Topliss-reactive ketones (excluding diaryl/α,β-unsaturated/α-hetero) is 1. The van der Waals surface area contributed by atoms with Crippen molar-refractivity contribution in [1.29, 1.82) is 0 Å². The van der Waals surface area contributed by atoms with Gasteiger partial charge in [0, 0.05) is 22.8 Å². The molecule has 3 rings (SSSR count). The molecule has 0 saturated carbocycles. The van der Waals surface area contributed by atoms with Gasteiger partial charge in [0.1, 0.15) is 17.2 Å². The summed E-state index contributed by atoms with van der Waals surface area (Å²) >= 11 is 0. The highest BCUT2D eigenvalue weighted by Gasteiger charge is 2.35. The predicted octanol–water partition coefficient (Wildman–Crippen LogP) is 2.09. The monoisotopic (exact) mass is 312 g/mol. The van der Waals surface area contributed by atoms with Crippen LogP contribution in [0.2, 0.25) is 0 Å². The highest BCUT2D eigenvalue weighted by atomic mass is 16.3. The van der Waals surface area contributed by atoms with E-state index in [0.717, 1.165) is 18.2 Å². The number of benzene rings is 2. The average Bonchev–Trinajstić information content (AvgIpc) is 2.42. The standard InChI is InChI=1S/C17H12O6/c1-6-13(7(2)18)12(21)5-10-14(6)17(23)15-9(16(10)22)3-8(19)4-11(15)20/h3-5,19-21H,1-2H3. The van der Waals surface area contributed by atoms with Crippen LogP contribution in [0.3, 0.4) is 0 Å². The molecule has 0 atom stereocenters. The molecule has 0 amide bonds. The van der Waals surface area contributed by atoms with Gasteiger partial charge in [-0.15, -0.1) is 0 Å². The third-order valence-corrected chi connectivity index (χ3v) is 3.95. The first-order valence-electron chi connectivity index (χ1n) is 6.77. The summed E-state index contributed by atoms with van der Waals surface area (Å²) in [5.41, 5.74) is -0.299. The molecule has 0 radical (unpaired) electrons. The minimum Gasteiger partial charge on any atom is -0.508 e. The van der Waals surface area contributed by atoms with Crippen LogP contribution in [0.15, 0.2) is 18.2 Å². The highest BCUT2D eigenvalue weighted by Crippen LogP contribution is 2.39. The number of fused-ring (bicyclic) bond motifs is 2. The molecule has 3 N–H and O–H groups in total. The van der Waals surface area contributed by atoms with Crippen LogP contribution in [0.25, 0.3) is 0 Å². The summed E-state index contributed by atoms with van der Waals surface area (Å²) < 4.78 is 0. The van der Waals surface area contributed by atoms with Crippen molar-refractivity contribution in [3.63, 3.8) is 0 Å². The molecule has 0 aliphatic heterocycles. The van der Waals surface area contributed by atoms with Crippen LogP contribution < -0.4 is 0 Å². The Labute approximate surface area is 130 Å². The Bertz CT molecular complexity index is 923. The van der Waals surface area contributed by atoms with Crippen molar-refractivity contribution in [3.8, 4) is 17.2 Å². The number of phenolic OH excluding ortho intramolecular Hbond substituents is 3. The molecule has 6 heteroatoms. The van der Waals surface area contributed by atoms with E-state index in [2.05, 4.69) is 0 Å². The minimum absolute atomic E-state index is 0.0218. The van der Waals surface area contributed by atoms with E-state index in [1.807, 2.05) is 0 Å². The van der Waals surface area contributed by atoms with E-state index in [0.29, 0.717) is 0 Å². The molecule has 23 heavy (non-hydrogen) atoms. The topological polar surface area (TPSA) is 112 Å². The van der Waals surface area contributed by atoms with Gasteiger partial charge >= 0.3 is 0 Å². The number of ketones is 3. The summed E-state index contributed by atoms with van der Waals surface area (Å²) in [4.78, 5) is 37.0. The third-order valence-electron chi connectivity index (χ3n) is 3.95. The first-order chi connectivity index (χ1) is 10.7. The van der Waals surface area contributed by atoms with Crippen molar-refractivity contribution in [3.05, 3.63) is 51.6 Å². The second-order valence-electron chi connectivity index (χ2n) is 5.42. The van der Waals surface area contributed by atoms with Gasteiger partial charge in [0.25, 0.3) is 0 Å². The molecule has 0 fully saturated rings. The summed E-state index contributed by atoms with van der Waals surface area (Å²) in [6, 6.07) is 3.13. The van der Waals surface area contributed by atoms with Gasteiger partial charge in [-0.25, -0.2) is 0 Å². The number of aromatic hydroxyl groups is 3. The van der Waals surface area contributed by atoms with E-state index >= 15 is 0 Å². The van der Waals surface area contributed by atoms with Gasteiger partial charge < -0.3 is 15.3 Å². The Morgan fingerprint density at radius 3 is 2.09 bits per heavy atom. The summed E-state index contributed by atoms with van der Waals surface area (Å²) in [6.07, 6.45) is 0. The largest absolute Gasteiger partial charge is 0.508 e. The molecule has 0 unspecified atom stereocenters. The summed E-state index contributed by atoms with van der Waals surface area (Å²) in [7, 11) is 0. The van der Waals surface area contributed by atoms with Gasteiger partial charge in [-0.3, -0.25) is 14.4 Å². The molecule has 1 aliphatic carbocycles. The lowest BCUT2D eigenvalue weighted by molar-refractivity contribution is 0.0973. The van der Waals surface area contributed by atoms with E-state index in [9.17, 15) is 29.7 Å². The van der Waals surface area contributed by atoms with Crippen LogP contribution in [0.5, 0.6) is 17.2 Å². The molecule has 0 heterocycles. The SMILES string of the molecule is CC(=O)c1c(O)cc2c(c1C)C(=O)c1c(O)cc(O)cc1C2=O. The van der Waals surface area contributed by atoms with Crippen LogP contribution in [0, 0.1) is 6.92 Å². The Hall–Kier alpha value is -3.15. The lowest BCUT2D eigenvalue weighted by Gasteiger charge is -2.22. The third kappa shape index (κ3) is 1.92. The normalized spacial score (nSPS) is 12.8. The van der Waals surface area contributed by atoms with Crippen LogP contribution in [-0.2, 0) is 0 Å². The molecule has 116 valence electrons. The van der Waals surface area contributed by atoms with Gasteiger partial charge in [-0.2, -0.15) is 0 Å². The van der Waals surface area contributed by atoms with Crippen LogP contribution in [0.4, 0.5) is 0 Å². The molecule has 2 aromatic carbocycles. The highest BCUT2D eigenvalue weighted by molar-refractivity contribution is 6.30. The second kappa shape index (κ2) is 4.67. The Morgan fingerprint density at radius 1 is 0.870 bits per heavy atom. The molecular weight excluding hydrogens is 300 g/mol. The predicted molar refractivity (Wildman–Crippen MR) is 79.5 cm³/mol. The van der Waals surface area contributed by atoms with E-state index < -0.39 is 23.1 Å². The van der Waals surface area contributed by atoms with E-state index in [4.69, 9.17) is 0 Å². The van der Waals surface area contributed by atoms with Crippen molar-refractivity contribution >= 4 is 17.3 Å². The number of hydrogen-bond acceptors (Lipinski definition) is 6. The Balaban J connectivity index is 2.41. The fourth-order valence-electron chi connectivity index (χ4n) is 3.02. The molecule has 0 spiro atoms. The second-order valence-corrected chi connectivity index (χ2v) is 5.42. The smallest absolute Gasteiger partial charge is 0.198 e. The first kappa shape index (κ1) is 14.8. The van der Waals surface area contributed by atoms with Gasteiger partial charge in [0.05, 0.1) is 11.1 Å². The molecule has 1 aliphatic rings. The van der Waals surface area contributed by atoms with Crippen molar-refractivity contribution in [2.45, 2.75) is 13.8 Å². The molecular formula is C17H12O6. The van der Waals surface area contributed by atoms with E-state index in [1.54, 1.807) is 0 Å². The quantitative estimate of drug-likeness (QED) is 0.593. The molecule has 0 bridgehead atoms. The fraction of sp³-hybridized carbons (Fsp3) is 0.118. The van der Waals surface area contributed by atoms with Gasteiger partial charge in [-0.05, 0) is 31.5 Å². The van der Waals surface area contributed by atoms with Crippen LogP contribution in [0.1, 0.15) is 54.7 Å². The van der Waals surface area contributed by atoms with Gasteiger partial charge in [0.2, 0.25) is 0 Å². The van der Waals surface area contributed by atoms with Crippen molar-refractivity contribution in [2.24, 2.45) is 0 Å².